The molecule has 1 N–H and O–H groups in total. The first-order valence-corrected chi connectivity index (χ1v) is 6.25. The van der Waals surface area contributed by atoms with Gasteiger partial charge in [0.05, 0.1) is 6.54 Å². The van der Waals surface area contributed by atoms with Crippen LogP contribution in [0.2, 0.25) is 0 Å². The van der Waals surface area contributed by atoms with E-state index in [4.69, 9.17) is 0 Å². The molecule has 1 aliphatic heterocycles. The Labute approximate surface area is 99.3 Å². The van der Waals surface area contributed by atoms with Gasteiger partial charge in [0, 0.05) is 10.8 Å². The van der Waals surface area contributed by atoms with E-state index in [-0.39, 0.29) is 5.91 Å². The lowest BCUT2D eigenvalue weighted by atomic mass is 10.2. The summed E-state index contributed by atoms with van der Waals surface area (Å²) in [4.78, 5) is 16.1. The molecule has 16 heavy (non-hydrogen) atoms. The largest absolute Gasteiger partial charge is 0.301 e. The van der Waals surface area contributed by atoms with E-state index >= 15 is 0 Å². The Balaban J connectivity index is 1.94. The summed E-state index contributed by atoms with van der Waals surface area (Å²) in [5.74, 6) is -0.0800. The van der Waals surface area contributed by atoms with E-state index in [0.717, 1.165) is 18.1 Å². The van der Waals surface area contributed by atoms with Gasteiger partial charge in [-0.2, -0.15) is 0 Å². The van der Waals surface area contributed by atoms with Crippen molar-refractivity contribution < 1.29 is 4.79 Å². The van der Waals surface area contributed by atoms with Gasteiger partial charge in [-0.3, -0.25) is 9.79 Å². The minimum absolute atomic E-state index is 0.0800. The summed E-state index contributed by atoms with van der Waals surface area (Å²) in [7, 11) is 0. The van der Waals surface area contributed by atoms with Gasteiger partial charge in [0.1, 0.15) is 0 Å². The average Bonchev–Trinajstić information content (AvgIpc) is 2.78. The highest BCUT2D eigenvalue weighted by Crippen LogP contribution is 2.22. The second-order valence-electron chi connectivity index (χ2n) is 3.61. The van der Waals surface area contributed by atoms with Crippen molar-refractivity contribution in [2.75, 3.05) is 6.54 Å². The first kappa shape index (κ1) is 11.2. The van der Waals surface area contributed by atoms with Crippen molar-refractivity contribution in [2.45, 2.75) is 18.6 Å². The zero-order valence-electron chi connectivity index (χ0n) is 9.14. The molecule has 0 aromatic heterocycles. The van der Waals surface area contributed by atoms with Crippen LogP contribution >= 0.6 is 11.8 Å². The van der Waals surface area contributed by atoms with E-state index < -0.39 is 0 Å². The topological polar surface area (TPSA) is 41.5 Å². The summed E-state index contributed by atoms with van der Waals surface area (Å²) in [6.45, 7) is 2.95. The molecule has 0 radical (unpaired) electrons. The number of carbonyl (C=O) groups is 1. The van der Waals surface area contributed by atoms with Gasteiger partial charge in [0.15, 0.2) is 5.17 Å². The van der Waals surface area contributed by atoms with Crippen molar-refractivity contribution in [1.82, 2.24) is 5.32 Å². The fourth-order valence-corrected chi connectivity index (χ4v) is 2.39. The smallest absolute Gasteiger partial charge is 0.257 e. The zero-order valence-corrected chi connectivity index (χ0v) is 9.96. The Bertz CT molecular complexity index is 403. The van der Waals surface area contributed by atoms with Crippen LogP contribution in [0.25, 0.3) is 0 Å². The van der Waals surface area contributed by atoms with Crippen LogP contribution in [0.1, 0.15) is 23.7 Å². The lowest BCUT2D eigenvalue weighted by molar-refractivity contribution is 0.0978. The van der Waals surface area contributed by atoms with Gasteiger partial charge in [-0.1, -0.05) is 36.9 Å². The number of nitrogens with zero attached hydrogens (tertiary/aromatic N) is 1. The van der Waals surface area contributed by atoms with Gasteiger partial charge in [-0.25, -0.2) is 0 Å². The summed E-state index contributed by atoms with van der Waals surface area (Å²) in [6.07, 6.45) is 1.08. The lowest BCUT2D eigenvalue weighted by Crippen LogP contribution is -2.27. The van der Waals surface area contributed by atoms with Gasteiger partial charge in [0.25, 0.3) is 5.91 Å². The van der Waals surface area contributed by atoms with Crippen molar-refractivity contribution in [3.63, 3.8) is 0 Å². The standard InChI is InChI=1S/C12H14N2OS/c1-2-10-8-13-12(16-10)14-11(15)9-6-4-3-5-7-9/h3-7,10H,2,8H2,1H3,(H,13,14,15). The number of thioether (sulfide) groups is 1. The van der Waals surface area contributed by atoms with Gasteiger partial charge in [0.2, 0.25) is 0 Å². The molecule has 3 nitrogen and oxygen atoms in total. The Morgan fingerprint density at radius 3 is 2.88 bits per heavy atom. The second-order valence-corrected chi connectivity index (χ2v) is 4.90. The number of hydrogen-bond acceptors (Lipinski definition) is 3. The van der Waals surface area contributed by atoms with Crippen molar-refractivity contribution >= 4 is 22.8 Å². The van der Waals surface area contributed by atoms with E-state index in [9.17, 15) is 4.79 Å². The van der Waals surface area contributed by atoms with Crippen molar-refractivity contribution in [1.29, 1.82) is 0 Å². The molecule has 1 atom stereocenters. The molecular weight excluding hydrogens is 220 g/mol. The first-order chi connectivity index (χ1) is 7.79. The fraction of sp³-hybridized carbons (Fsp3) is 0.333. The van der Waals surface area contributed by atoms with Crippen LogP contribution in [-0.2, 0) is 0 Å². The normalized spacial score (nSPS) is 19.3. The molecule has 1 heterocycles. The highest BCUT2D eigenvalue weighted by Gasteiger charge is 2.19. The third kappa shape index (κ3) is 2.64. The monoisotopic (exact) mass is 234 g/mol. The third-order valence-electron chi connectivity index (χ3n) is 2.43. The van der Waals surface area contributed by atoms with E-state index in [0.29, 0.717) is 10.8 Å². The summed E-state index contributed by atoms with van der Waals surface area (Å²) >= 11 is 1.65. The van der Waals surface area contributed by atoms with E-state index in [1.54, 1.807) is 23.9 Å². The molecule has 4 heteroatoms. The van der Waals surface area contributed by atoms with Crippen LogP contribution in [0.5, 0.6) is 0 Å². The highest BCUT2D eigenvalue weighted by molar-refractivity contribution is 8.14. The molecule has 1 unspecified atom stereocenters. The molecule has 1 amide bonds. The maximum absolute atomic E-state index is 11.8. The summed E-state index contributed by atoms with van der Waals surface area (Å²) < 4.78 is 0. The van der Waals surface area contributed by atoms with Crippen molar-refractivity contribution in [2.24, 2.45) is 4.99 Å². The summed E-state index contributed by atoms with van der Waals surface area (Å²) in [5.41, 5.74) is 0.672. The zero-order chi connectivity index (χ0) is 11.4. The van der Waals surface area contributed by atoms with Crippen LogP contribution in [-0.4, -0.2) is 22.9 Å². The van der Waals surface area contributed by atoms with Crippen LogP contribution in [0.3, 0.4) is 0 Å². The van der Waals surface area contributed by atoms with Crippen LogP contribution < -0.4 is 5.32 Å². The van der Waals surface area contributed by atoms with Gasteiger partial charge >= 0.3 is 0 Å². The molecule has 0 bridgehead atoms. The van der Waals surface area contributed by atoms with Crippen LogP contribution in [0.15, 0.2) is 35.3 Å². The van der Waals surface area contributed by atoms with E-state index in [1.807, 2.05) is 18.2 Å². The quantitative estimate of drug-likeness (QED) is 0.853. The molecular formula is C12H14N2OS. The molecule has 0 aliphatic carbocycles. The number of amides is 1. The predicted molar refractivity (Wildman–Crippen MR) is 67.9 cm³/mol. The third-order valence-corrected chi connectivity index (χ3v) is 3.70. The van der Waals surface area contributed by atoms with Crippen molar-refractivity contribution in [3.8, 4) is 0 Å². The summed E-state index contributed by atoms with van der Waals surface area (Å²) in [6, 6.07) is 9.20. The molecule has 0 saturated heterocycles. The molecule has 0 saturated carbocycles. The number of hydrogen-bond donors (Lipinski definition) is 1. The number of benzene rings is 1. The maximum Gasteiger partial charge on any atom is 0.257 e. The minimum atomic E-state index is -0.0800. The highest BCUT2D eigenvalue weighted by atomic mass is 32.2. The van der Waals surface area contributed by atoms with E-state index in [2.05, 4.69) is 17.2 Å². The fourth-order valence-electron chi connectivity index (χ4n) is 1.46. The molecule has 1 aromatic rings. The number of nitrogens with one attached hydrogen (secondary N) is 1. The minimum Gasteiger partial charge on any atom is -0.301 e. The van der Waals surface area contributed by atoms with Gasteiger partial charge in [-0.15, -0.1) is 0 Å². The molecule has 1 aromatic carbocycles. The lowest BCUT2D eigenvalue weighted by Gasteiger charge is -2.05. The van der Waals surface area contributed by atoms with Gasteiger partial charge in [-0.05, 0) is 18.6 Å². The van der Waals surface area contributed by atoms with Crippen molar-refractivity contribution in [3.05, 3.63) is 35.9 Å². The van der Waals surface area contributed by atoms with Crippen LogP contribution in [0, 0.1) is 0 Å². The Kier molecular flexibility index (Phi) is 3.62. The van der Waals surface area contributed by atoms with Crippen LogP contribution in [0.4, 0.5) is 0 Å². The SMILES string of the molecule is CCC1CN=C(NC(=O)c2ccccc2)S1. The van der Waals surface area contributed by atoms with Gasteiger partial charge < -0.3 is 5.32 Å². The number of rotatable bonds is 2. The number of aliphatic imine (C=N–C) groups is 1. The maximum atomic E-state index is 11.8. The Morgan fingerprint density at radius 2 is 2.25 bits per heavy atom. The molecule has 2 rings (SSSR count). The molecule has 84 valence electrons. The predicted octanol–water partition coefficient (Wildman–Crippen LogP) is 2.30. The Morgan fingerprint density at radius 1 is 1.50 bits per heavy atom. The first-order valence-electron chi connectivity index (χ1n) is 5.37. The number of carbonyl (C=O) groups excluding carboxylic acids is 1. The second kappa shape index (κ2) is 5.16. The molecule has 1 aliphatic rings. The molecule has 0 fully saturated rings. The molecule has 0 spiro atoms. The Hall–Kier alpha value is -1.29. The van der Waals surface area contributed by atoms with E-state index in [1.165, 1.54) is 0 Å². The average molecular weight is 234 g/mol. The number of amidine groups is 1. The summed E-state index contributed by atoms with van der Waals surface area (Å²) in [5, 5.41) is 4.10.